The van der Waals surface area contributed by atoms with Crippen LogP contribution in [0.2, 0.25) is 10.0 Å². The van der Waals surface area contributed by atoms with E-state index in [4.69, 9.17) is 23.2 Å². The van der Waals surface area contributed by atoms with Crippen LogP contribution < -0.4 is 5.32 Å². The van der Waals surface area contributed by atoms with Crippen molar-refractivity contribution in [3.63, 3.8) is 0 Å². The molecule has 0 unspecified atom stereocenters. The molecule has 6 nitrogen and oxygen atoms in total. The molecule has 0 bridgehead atoms. The molecule has 136 valence electrons. The van der Waals surface area contributed by atoms with E-state index in [1.54, 1.807) is 24.0 Å². The number of benzene rings is 1. The Morgan fingerprint density at radius 2 is 1.88 bits per heavy atom. The Bertz CT molecular complexity index is 990. The maximum absolute atomic E-state index is 12.6. The van der Waals surface area contributed by atoms with Crippen LogP contribution in [0.15, 0.2) is 24.4 Å². The van der Waals surface area contributed by atoms with E-state index in [2.05, 4.69) is 15.5 Å². The van der Waals surface area contributed by atoms with E-state index in [1.807, 2.05) is 37.6 Å². The molecule has 0 aliphatic rings. The molecule has 0 spiro atoms. The molecule has 8 heteroatoms. The quantitative estimate of drug-likeness (QED) is 0.726. The number of hydrogen-bond acceptors (Lipinski definition) is 3. The molecule has 0 aliphatic heterocycles. The number of hydrogen-bond donors (Lipinski definition) is 1. The number of aryl methyl sites for hydroxylation is 2. The molecule has 0 saturated carbocycles. The lowest BCUT2D eigenvalue weighted by molar-refractivity contribution is 0.102. The summed E-state index contributed by atoms with van der Waals surface area (Å²) in [6, 6.07) is 5.48. The van der Waals surface area contributed by atoms with Crippen LogP contribution in [0.25, 0.3) is 0 Å². The van der Waals surface area contributed by atoms with Crippen molar-refractivity contribution in [1.29, 1.82) is 0 Å². The third-order valence-corrected chi connectivity index (χ3v) is 5.16. The van der Waals surface area contributed by atoms with E-state index in [0.29, 0.717) is 27.8 Å². The first-order valence-electron chi connectivity index (χ1n) is 8.05. The van der Waals surface area contributed by atoms with Crippen molar-refractivity contribution >= 4 is 34.8 Å². The molecule has 0 radical (unpaired) electrons. The SMILES string of the molecule is Cc1nn(Cc2ccc(Cl)c(Cl)c2)c(C)c1NC(=O)c1cnn(C)c1C. The second-order valence-corrected chi connectivity index (χ2v) is 6.99. The van der Waals surface area contributed by atoms with Gasteiger partial charge in [0.2, 0.25) is 0 Å². The monoisotopic (exact) mass is 391 g/mol. The minimum Gasteiger partial charge on any atom is -0.319 e. The summed E-state index contributed by atoms with van der Waals surface area (Å²) >= 11 is 12.0. The van der Waals surface area contributed by atoms with E-state index in [-0.39, 0.29) is 5.91 Å². The lowest BCUT2D eigenvalue weighted by Crippen LogP contribution is -2.14. The van der Waals surface area contributed by atoms with Gasteiger partial charge in [0.15, 0.2) is 0 Å². The van der Waals surface area contributed by atoms with E-state index >= 15 is 0 Å². The van der Waals surface area contributed by atoms with Gasteiger partial charge < -0.3 is 5.32 Å². The summed E-state index contributed by atoms with van der Waals surface area (Å²) in [5.41, 5.74) is 4.65. The molecule has 26 heavy (non-hydrogen) atoms. The first-order valence-corrected chi connectivity index (χ1v) is 8.81. The molecular weight excluding hydrogens is 373 g/mol. The van der Waals surface area contributed by atoms with Crippen molar-refractivity contribution in [2.45, 2.75) is 27.3 Å². The van der Waals surface area contributed by atoms with Gasteiger partial charge in [-0.1, -0.05) is 29.3 Å². The number of nitrogens with one attached hydrogen (secondary N) is 1. The Balaban J connectivity index is 1.84. The Labute approximate surface area is 161 Å². The molecule has 3 aromatic rings. The van der Waals surface area contributed by atoms with Crippen molar-refractivity contribution in [1.82, 2.24) is 19.6 Å². The number of carbonyl (C=O) groups excluding carboxylic acids is 1. The smallest absolute Gasteiger partial charge is 0.259 e. The molecule has 0 aliphatic carbocycles. The van der Waals surface area contributed by atoms with E-state index in [0.717, 1.165) is 22.6 Å². The molecule has 3 rings (SSSR count). The lowest BCUT2D eigenvalue weighted by Gasteiger charge is -2.08. The van der Waals surface area contributed by atoms with Crippen LogP contribution in [-0.2, 0) is 13.6 Å². The highest BCUT2D eigenvalue weighted by Crippen LogP contribution is 2.25. The predicted molar refractivity (Wildman–Crippen MR) is 103 cm³/mol. The summed E-state index contributed by atoms with van der Waals surface area (Å²) in [7, 11) is 1.80. The standard InChI is InChI=1S/C18H19Cl2N5O/c1-10-17(22-18(26)14-8-21-24(4)11(14)2)12(3)25(23-10)9-13-5-6-15(19)16(20)7-13/h5-8H,9H2,1-4H3,(H,22,26). The van der Waals surface area contributed by atoms with Gasteiger partial charge in [-0.3, -0.25) is 14.2 Å². The van der Waals surface area contributed by atoms with Crippen LogP contribution in [-0.4, -0.2) is 25.5 Å². The van der Waals surface area contributed by atoms with Gasteiger partial charge in [0.25, 0.3) is 5.91 Å². The van der Waals surface area contributed by atoms with E-state index in [9.17, 15) is 4.79 Å². The average Bonchev–Trinajstić information content (AvgIpc) is 3.05. The van der Waals surface area contributed by atoms with Crippen molar-refractivity contribution in [2.24, 2.45) is 7.05 Å². The first kappa shape index (κ1) is 18.5. The van der Waals surface area contributed by atoms with Gasteiger partial charge >= 0.3 is 0 Å². The van der Waals surface area contributed by atoms with Gasteiger partial charge in [-0.15, -0.1) is 0 Å². The molecule has 2 heterocycles. The normalized spacial score (nSPS) is 11.0. The molecule has 0 atom stereocenters. The van der Waals surface area contributed by atoms with Gasteiger partial charge in [0, 0.05) is 12.7 Å². The number of nitrogens with zero attached hydrogens (tertiary/aromatic N) is 4. The van der Waals surface area contributed by atoms with Crippen LogP contribution in [0.4, 0.5) is 5.69 Å². The van der Waals surface area contributed by atoms with Crippen LogP contribution in [0.1, 0.15) is 33.0 Å². The van der Waals surface area contributed by atoms with Crippen LogP contribution in [0.3, 0.4) is 0 Å². The molecule has 1 N–H and O–H groups in total. The minimum absolute atomic E-state index is 0.198. The Morgan fingerprint density at radius 1 is 1.15 bits per heavy atom. The fourth-order valence-corrected chi connectivity index (χ4v) is 3.07. The van der Waals surface area contributed by atoms with Crippen molar-refractivity contribution in [2.75, 3.05) is 5.32 Å². The third-order valence-electron chi connectivity index (χ3n) is 4.42. The topological polar surface area (TPSA) is 64.7 Å². The first-order chi connectivity index (χ1) is 12.3. The van der Waals surface area contributed by atoms with E-state index < -0.39 is 0 Å². The number of anilines is 1. The highest BCUT2D eigenvalue weighted by Gasteiger charge is 2.18. The van der Waals surface area contributed by atoms with Crippen molar-refractivity contribution in [3.8, 4) is 0 Å². The van der Waals surface area contributed by atoms with Crippen molar-refractivity contribution in [3.05, 3.63) is 62.6 Å². The lowest BCUT2D eigenvalue weighted by atomic mass is 10.2. The molecule has 0 fully saturated rings. The Hall–Kier alpha value is -2.31. The average molecular weight is 392 g/mol. The van der Waals surface area contributed by atoms with Gasteiger partial charge in [-0.25, -0.2) is 0 Å². The van der Waals surface area contributed by atoms with Gasteiger partial charge in [0.1, 0.15) is 0 Å². The summed E-state index contributed by atoms with van der Waals surface area (Å²) in [6.07, 6.45) is 1.56. The summed E-state index contributed by atoms with van der Waals surface area (Å²) < 4.78 is 3.50. The van der Waals surface area contributed by atoms with Crippen LogP contribution >= 0.6 is 23.2 Å². The highest BCUT2D eigenvalue weighted by atomic mass is 35.5. The third kappa shape index (κ3) is 3.48. The zero-order chi connectivity index (χ0) is 19.0. The van der Waals surface area contributed by atoms with Crippen LogP contribution in [0.5, 0.6) is 0 Å². The number of halogens is 2. The largest absolute Gasteiger partial charge is 0.319 e. The predicted octanol–water partition coefficient (Wildman–Crippen LogP) is 4.15. The number of rotatable bonds is 4. The second kappa shape index (κ2) is 7.13. The fourth-order valence-electron chi connectivity index (χ4n) is 2.75. The highest BCUT2D eigenvalue weighted by molar-refractivity contribution is 6.42. The van der Waals surface area contributed by atoms with Crippen molar-refractivity contribution < 1.29 is 4.79 Å². The second-order valence-electron chi connectivity index (χ2n) is 6.17. The zero-order valence-corrected chi connectivity index (χ0v) is 16.5. The molecule has 1 aromatic carbocycles. The Morgan fingerprint density at radius 3 is 2.50 bits per heavy atom. The van der Waals surface area contributed by atoms with E-state index in [1.165, 1.54) is 0 Å². The maximum Gasteiger partial charge on any atom is 0.259 e. The van der Waals surface area contributed by atoms with Gasteiger partial charge in [-0.05, 0) is 38.5 Å². The Kier molecular flexibility index (Phi) is 5.07. The molecule has 0 saturated heterocycles. The van der Waals surface area contributed by atoms with Crippen LogP contribution in [0, 0.1) is 20.8 Å². The van der Waals surface area contributed by atoms with Gasteiger partial charge in [0.05, 0.1) is 45.4 Å². The zero-order valence-electron chi connectivity index (χ0n) is 15.0. The summed E-state index contributed by atoms with van der Waals surface area (Å²) in [5, 5.41) is 12.6. The summed E-state index contributed by atoms with van der Waals surface area (Å²) in [6.45, 7) is 6.17. The number of aromatic nitrogens is 4. The molecule has 1 amide bonds. The summed E-state index contributed by atoms with van der Waals surface area (Å²) in [4.78, 5) is 12.6. The van der Waals surface area contributed by atoms with Gasteiger partial charge in [-0.2, -0.15) is 10.2 Å². The molecule has 2 aromatic heterocycles. The number of carbonyl (C=O) groups is 1. The maximum atomic E-state index is 12.6. The summed E-state index contributed by atoms with van der Waals surface area (Å²) in [5.74, 6) is -0.198. The molecular formula is C18H19Cl2N5O. The number of amides is 1. The fraction of sp³-hybridized carbons (Fsp3) is 0.278. The minimum atomic E-state index is -0.198.